The molecule has 1 fully saturated rings. The van der Waals surface area contributed by atoms with Crippen LogP contribution in [0, 0.1) is 0 Å². The Morgan fingerprint density at radius 1 is 1.39 bits per heavy atom. The van der Waals surface area contributed by atoms with Gasteiger partial charge in [-0.3, -0.25) is 0 Å². The average Bonchev–Trinajstić information content (AvgIpc) is 2.99. The van der Waals surface area contributed by atoms with E-state index in [0.29, 0.717) is 0 Å². The molecule has 6 heteroatoms. The third-order valence-corrected chi connectivity index (χ3v) is 5.15. The summed E-state index contributed by atoms with van der Waals surface area (Å²) in [5, 5.41) is 9.74. The lowest BCUT2D eigenvalue weighted by Gasteiger charge is -2.27. The van der Waals surface area contributed by atoms with Crippen LogP contribution in [0.3, 0.4) is 0 Å². The number of hydrogen-bond donors (Lipinski definition) is 2. The van der Waals surface area contributed by atoms with Gasteiger partial charge in [-0.1, -0.05) is 6.07 Å². The second kappa shape index (κ2) is 8.48. The van der Waals surface area contributed by atoms with Gasteiger partial charge in [0.2, 0.25) is 0 Å². The Morgan fingerprint density at radius 3 is 2.87 bits per heavy atom. The number of fused-ring (bicyclic) bond motifs is 1. The van der Waals surface area contributed by atoms with Crippen molar-refractivity contribution in [3.63, 3.8) is 0 Å². The summed E-state index contributed by atoms with van der Waals surface area (Å²) in [6, 6.07) is 6.27. The van der Waals surface area contributed by atoms with Crippen LogP contribution in [0.25, 0.3) is 15.7 Å². The maximum Gasteiger partial charge on any atom is 0.128 e. The SMILES string of the molecule is CNc1ccc2c(C(=C=O)CCN3CCNCC3)csc2c1.Cl. The molecular formula is C17H22ClN3OS. The Labute approximate surface area is 147 Å². The van der Waals surface area contributed by atoms with E-state index in [1.54, 1.807) is 11.3 Å². The first kappa shape index (κ1) is 18.0. The topological polar surface area (TPSA) is 44.4 Å². The molecule has 2 heterocycles. The number of rotatable bonds is 5. The van der Waals surface area contributed by atoms with Gasteiger partial charge in [-0.25, -0.2) is 4.79 Å². The number of thiophene rings is 1. The summed E-state index contributed by atoms with van der Waals surface area (Å²) < 4.78 is 1.21. The number of piperazine rings is 1. The number of nitrogens with zero attached hydrogens (tertiary/aromatic N) is 1. The smallest absolute Gasteiger partial charge is 0.128 e. The fourth-order valence-electron chi connectivity index (χ4n) is 2.86. The van der Waals surface area contributed by atoms with E-state index in [0.717, 1.165) is 61.4 Å². The van der Waals surface area contributed by atoms with Crippen LogP contribution >= 0.6 is 23.7 Å². The third kappa shape index (κ3) is 4.14. The molecule has 2 aromatic rings. The highest BCUT2D eigenvalue weighted by Gasteiger charge is 2.14. The number of halogens is 1. The van der Waals surface area contributed by atoms with Crippen LogP contribution in [0.2, 0.25) is 0 Å². The zero-order valence-corrected chi connectivity index (χ0v) is 14.9. The molecule has 0 amide bonds. The lowest BCUT2D eigenvalue weighted by molar-refractivity contribution is 0.246. The summed E-state index contributed by atoms with van der Waals surface area (Å²) in [5.41, 5.74) is 2.94. The van der Waals surface area contributed by atoms with Gasteiger partial charge in [-0.2, -0.15) is 0 Å². The first-order valence-electron chi connectivity index (χ1n) is 7.68. The highest BCUT2D eigenvalue weighted by Crippen LogP contribution is 2.33. The monoisotopic (exact) mass is 351 g/mol. The molecule has 4 nitrogen and oxygen atoms in total. The van der Waals surface area contributed by atoms with Crippen molar-refractivity contribution in [2.45, 2.75) is 6.42 Å². The molecule has 1 aromatic carbocycles. The fraction of sp³-hybridized carbons (Fsp3) is 0.412. The zero-order chi connectivity index (χ0) is 15.4. The van der Waals surface area contributed by atoms with Gasteiger partial charge in [-0.05, 0) is 18.6 Å². The first-order chi connectivity index (χ1) is 10.8. The fourth-order valence-corrected chi connectivity index (χ4v) is 3.88. The molecule has 0 saturated carbocycles. The van der Waals surface area contributed by atoms with Crippen molar-refractivity contribution >= 4 is 51.0 Å². The van der Waals surface area contributed by atoms with Crippen LogP contribution < -0.4 is 10.6 Å². The van der Waals surface area contributed by atoms with E-state index in [-0.39, 0.29) is 12.4 Å². The Morgan fingerprint density at radius 2 is 2.17 bits per heavy atom. The van der Waals surface area contributed by atoms with Crippen molar-refractivity contribution in [3.05, 3.63) is 29.1 Å². The molecule has 0 radical (unpaired) electrons. The standard InChI is InChI=1S/C17H21N3OS.ClH/c1-18-14-2-3-15-16(12-22-17(15)10-14)13(11-21)4-7-20-8-5-19-6-9-20;/h2-3,10,12,18-19H,4-9H2,1H3;1H. The normalized spacial score (nSPS) is 15.0. The summed E-state index contributed by atoms with van der Waals surface area (Å²) in [5.74, 6) is 2.18. The lowest BCUT2D eigenvalue weighted by Crippen LogP contribution is -2.43. The van der Waals surface area contributed by atoms with Crippen LogP contribution in [-0.4, -0.2) is 50.6 Å². The molecule has 0 atom stereocenters. The summed E-state index contributed by atoms with van der Waals surface area (Å²) in [6.07, 6.45) is 0.767. The van der Waals surface area contributed by atoms with E-state index in [9.17, 15) is 4.79 Å². The predicted octanol–water partition coefficient (Wildman–Crippen LogP) is 2.88. The number of hydrogen-bond acceptors (Lipinski definition) is 5. The molecule has 0 aliphatic carbocycles. The molecule has 3 rings (SSSR count). The van der Waals surface area contributed by atoms with Crippen molar-refractivity contribution in [2.24, 2.45) is 0 Å². The van der Waals surface area contributed by atoms with Gasteiger partial charge in [-0.15, -0.1) is 23.7 Å². The highest BCUT2D eigenvalue weighted by molar-refractivity contribution is 7.17. The Bertz CT molecular complexity index is 703. The van der Waals surface area contributed by atoms with Gasteiger partial charge < -0.3 is 15.5 Å². The van der Waals surface area contributed by atoms with E-state index in [2.05, 4.69) is 45.1 Å². The van der Waals surface area contributed by atoms with Gasteiger partial charge in [0, 0.05) is 72.1 Å². The van der Waals surface area contributed by atoms with Crippen LogP contribution in [-0.2, 0) is 4.79 Å². The second-order valence-corrected chi connectivity index (χ2v) is 6.44. The predicted molar refractivity (Wildman–Crippen MR) is 102 cm³/mol. The minimum Gasteiger partial charge on any atom is -0.388 e. The summed E-state index contributed by atoms with van der Waals surface area (Å²) in [6.45, 7) is 5.12. The van der Waals surface area contributed by atoms with Crippen molar-refractivity contribution in [1.82, 2.24) is 10.2 Å². The molecule has 2 N–H and O–H groups in total. The maximum atomic E-state index is 11.4. The average molecular weight is 352 g/mol. The van der Waals surface area contributed by atoms with Gasteiger partial charge in [0.15, 0.2) is 0 Å². The van der Waals surface area contributed by atoms with E-state index in [1.807, 2.05) is 7.05 Å². The van der Waals surface area contributed by atoms with Crippen molar-refractivity contribution in [3.8, 4) is 0 Å². The molecule has 124 valence electrons. The molecule has 23 heavy (non-hydrogen) atoms. The first-order valence-corrected chi connectivity index (χ1v) is 8.56. The third-order valence-electron chi connectivity index (χ3n) is 4.20. The quantitative estimate of drug-likeness (QED) is 0.813. The Kier molecular flexibility index (Phi) is 6.63. The largest absolute Gasteiger partial charge is 0.388 e. The Balaban J connectivity index is 0.00000192. The molecule has 0 unspecified atom stereocenters. The molecule has 1 aliphatic heterocycles. The van der Waals surface area contributed by atoms with Gasteiger partial charge >= 0.3 is 0 Å². The number of anilines is 1. The summed E-state index contributed by atoms with van der Waals surface area (Å²) in [4.78, 5) is 13.8. The maximum absolute atomic E-state index is 11.4. The highest BCUT2D eigenvalue weighted by atomic mass is 35.5. The van der Waals surface area contributed by atoms with Crippen LogP contribution in [0.1, 0.15) is 12.0 Å². The van der Waals surface area contributed by atoms with Gasteiger partial charge in [0.05, 0.1) is 0 Å². The second-order valence-electron chi connectivity index (χ2n) is 5.53. The Hall–Kier alpha value is -1.36. The molecule has 0 spiro atoms. The zero-order valence-electron chi connectivity index (χ0n) is 13.2. The summed E-state index contributed by atoms with van der Waals surface area (Å²) in [7, 11) is 1.92. The summed E-state index contributed by atoms with van der Waals surface area (Å²) >= 11 is 1.69. The molecular weight excluding hydrogens is 330 g/mol. The van der Waals surface area contributed by atoms with E-state index in [1.165, 1.54) is 4.70 Å². The van der Waals surface area contributed by atoms with Crippen molar-refractivity contribution in [2.75, 3.05) is 45.1 Å². The molecule has 0 bridgehead atoms. The van der Waals surface area contributed by atoms with Gasteiger partial charge in [0.1, 0.15) is 5.94 Å². The minimum atomic E-state index is 0. The van der Waals surface area contributed by atoms with Crippen LogP contribution in [0.4, 0.5) is 5.69 Å². The minimum absolute atomic E-state index is 0. The number of benzene rings is 1. The van der Waals surface area contributed by atoms with Crippen molar-refractivity contribution in [1.29, 1.82) is 0 Å². The lowest BCUT2D eigenvalue weighted by atomic mass is 10.0. The van der Waals surface area contributed by atoms with Crippen molar-refractivity contribution < 1.29 is 4.79 Å². The number of nitrogens with one attached hydrogen (secondary N) is 2. The van der Waals surface area contributed by atoms with Crippen LogP contribution in [0.5, 0.6) is 0 Å². The van der Waals surface area contributed by atoms with E-state index < -0.39 is 0 Å². The molecule has 1 aromatic heterocycles. The van der Waals surface area contributed by atoms with Crippen LogP contribution in [0.15, 0.2) is 23.6 Å². The molecule has 1 aliphatic rings. The van der Waals surface area contributed by atoms with E-state index >= 15 is 0 Å². The number of carbonyl (C=O) groups excluding carboxylic acids is 1. The molecule has 1 saturated heterocycles. The van der Waals surface area contributed by atoms with E-state index in [4.69, 9.17) is 0 Å². The van der Waals surface area contributed by atoms with Gasteiger partial charge in [0.25, 0.3) is 0 Å².